The second kappa shape index (κ2) is 5.64. The van der Waals surface area contributed by atoms with Crippen LogP contribution in [0.4, 0.5) is 0 Å². The molecule has 3 aromatic heterocycles. The summed E-state index contributed by atoms with van der Waals surface area (Å²) < 4.78 is 8.02. The first-order chi connectivity index (χ1) is 11.2. The van der Waals surface area contributed by atoms with Crippen LogP contribution < -0.4 is 14.8 Å². The van der Waals surface area contributed by atoms with Crippen LogP contribution in [0, 0.1) is 6.92 Å². The van der Waals surface area contributed by atoms with Gasteiger partial charge in [0.05, 0.1) is 19.4 Å². The van der Waals surface area contributed by atoms with Crippen LogP contribution in [0.1, 0.15) is 16.5 Å². The third kappa shape index (κ3) is 2.91. The maximum Gasteiger partial charge on any atom is 0.266 e. The number of fused-ring (bicyclic) bond motifs is 1. The van der Waals surface area contributed by atoms with Crippen LogP contribution in [0.2, 0.25) is 0 Å². The van der Waals surface area contributed by atoms with Crippen molar-refractivity contribution in [2.75, 3.05) is 0 Å². The van der Waals surface area contributed by atoms with Gasteiger partial charge in [0.1, 0.15) is 16.5 Å². The minimum absolute atomic E-state index is 0.114. The van der Waals surface area contributed by atoms with Gasteiger partial charge in [0, 0.05) is 12.2 Å². The van der Waals surface area contributed by atoms with Gasteiger partial charge in [-0.1, -0.05) is 12.1 Å². The Morgan fingerprint density at radius 1 is 1.13 bits per heavy atom. The average molecular weight is 340 g/mol. The van der Waals surface area contributed by atoms with Crippen LogP contribution in [0.3, 0.4) is 0 Å². The standard InChI is InChI=1S/C17H12N2O2S2/c1-10-6-7-11(21-10)8-14-17(20)19-16(23-14)9-15-18-12-4-2-3-5-13(12)22-15/h2-9H,1H3,(H,19,20)/b14-8-,16-9+. The normalized spacial score (nSPS) is 13.3. The van der Waals surface area contributed by atoms with Gasteiger partial charge in [0.2, 0.25) is 0 Å². The molecule has 23 heavy (non-hydrogen) atoms. The van der Waals surface area contributed by atoms with Crippen molar-refractivity contribution in [3.05, 3.63) is 72.5 Å². The van der Waals surface area contributed by atoms with Gasteiger partial charge in [0.15, 0.2) is 0 Å². The lowest BCUT2D eigenvalue weighted by Gasteiger charge is -1.81. The van der Waals surface area contributed by atoms with Gasteiger partial charge in [-0.3, -0.25) is 4.79 Å². The highest BCUT2D eigenvalue weighted by molar-refractivity contribution is 7.19. The molecule has 0 saturated heterocycles. The van der Waals surface area contributed by atoms with E-state index in [1.165, 1.54) is 11.3 Å². The molecule has 0 radical (unpaired) electrons. The van der Waals surface area contributed by atoms with Gasteiger partial charge >= 0.3 is 0 Å². The van der Waals surface area contributed by atoms with Crippen molar-refractivity contribution < 1.29 is 4.42 Å². The number of thiazole rings is 2. The zero-order valence-electron chi connectivity index (χ0n) is 12.2. The number of rotatable bonds is 2. The molecule has 4 nitrogen and oxygen atoms in total. The highest BCUT2D eigenvalue weighted by atomic mass is 32.1. The van der Waals surface area contributed by atoms with E-state index in [0.29, 0.717) is 10.3 Å². The molecule has 4 aromatic rings. The molecule has 4 rings (SSSR count). The van der Waals surface area contributed by atoms with Gasteiger partial charge in [-0.05, 0) is 31.2 Å². The molecule has 0 saturated carbocycles. The number of furan rings is 1. The lowest BCUT2D eigenvalue weighted by Crippen LogP contribution is -2.19. The second-order valence-corrected chi connectivity index (χ2v) is 7.19. The first kappa shape index (κ1) is 14.2. The van der Waals surface area contributed by atoms with E-state index in [0.717, 1.165) is 25.6 Å². The minimum atomic E-state index is -0.114. The van der Waals surface area contributed by atoms with Gasteiger partial charge in [0.25, 0.3) is 5.56 Å². The van der Waals surface area contributed by atoms with E-state index in [1.807, 2.05) is 49.4 Å². The summed E-state index contributed by atoms with van der Waals surface area (Å²) in [5.74, 6) is 1.51. The van der Waals surface area contributed by atoms with Crippen molar-refractivity contribution in [1.82, 2.24) is 9.97 Å². The van der Waals surface area contributed by atoms with Gasteiger partial charge in [-0.25, -0.2) is 4.98 Å². The molecule has 0 amide bonds. The number of hydrogen-bond acceptors (Lipinski definition) is 5. The number of aryl methyl sites for hydroxylation is 1. The van der Waals surface area contributed by atoms with E-state index in [9.17, 15) is 4.79 Å². The zero-order chi connectivity index (χ0) is 15.8. The van der Waals surface area contributed by atoms with Crippen LogP contribution in [-0.4, -0.2) is 9.97 Å². The first-order valence-electron chi connectivity index (χ1n) is 7.02. The molecule has 1 aromatic carbocycles. The van der Waals surface area contributed by atoms with Gasteiger partial charge < -0.3 is 9.40 Å². The average Bonchev–Trinajstić information content (AvgIpc) is 3.19. The number of nitrogens with zero attached hydrogens (tertiary/aromatic N) is 1. The minimum Gasteiger partial charge on any atom is -0.462 e. The Balaban J connectivity index is 1.79. The second-order valence-electron chi connectivity index (χ2n) is 5.04. The molecule has 0 aliphatic heterocycles. The fourth-order valence-electron chi connectivity index (χ4n) is 2.25. The van der Waals surface area contributed by atoms with E-state index in [1.54, 1.807) is 17.4 Å². The number of benzene rings is 1. The molecule has 1 N–H and O–H groups in total. The van der Waals surface area contributed by atoms with Crippen molar-refractivity contribution in [3.8, 4) is 0 Å². The van der Waals surface area contributed by atoms with Crippen molar-refractivity contribution >= 4 is 45.0 Å². The van der Waals surface area contributed by atoms with Crippen molar-refractivity contribution in [1.29, 1.82) is 0 Å². The summed E-state index contributed by atoms with van der Waals surface area (Å²) in [6, 6.07) is 11.7. The van der Waals surface area contributed by atoms with E-state index in [-0.39, 0.29) is 5.56 Å². The fourth-order valence-corrected chi connectivity index (χ4v) is 4.10. The van der Waals surface area contributed by atoms with Crippen LogP contribution in [0.5, 0.6) is 0 Å². The molecule has 114 valence electrons. The first-order valence-corrected chi connectivity index (χ1v) is 8.65. The number of aromatic nitrogens is 2. The van der Waals surface area contributed by atoms with E-state index < -0.39 is 0 Å². The predicted octanol–water partition coefficient (Wildman–Crippen LogP) is 2.61. The number of nitrogens with one attached hydrogen (secondary N) is 1. The van der Waals surface area contributed by atoms with Crippen LogP contribution in [0.25, 0.3) is 22.4 Å². The van der Waals surface area contributed by atoms with Crippen LogP contribution in [-0.2, 0) is 0 Å². The number of hydrogen-bond donors (Lipinski definition) is 1. The Hall–Kier alpha value is -2.44. The SMILES string of the molecule is Cc1ccc(/C=c2\s/c(=C/c3nc4ccccc4s3)[nH]c2=O)o1. The topological polar surface area (TPSA) is 58.9 Å². The summed E-state index contributed by atoms with van der Waals surface area (Å²) in [5, 5.41) is 0.879. The Bertz CT molecular complexity index is 1130. The van der Waals surface area contributed by atoms with Crippen molar-refractivity contribution in [3.63, 3.8) is 0 Å². The third-order valence-corrected chi connectivity index (χ3v) is 5.23. The molecule has 0 bridgehead atoms. The molecule has 0 unspecified atom stereocenters. The summed E-state index contributed by atoms with van der Waals surface area (Å²) in [4.78, 5) is 19.5. The smallest absolute Gasteiger partial charge is 0.266 e. The van der Waals surface area contributed by atoms with E-state index >= 15 is 0 Å². The largest absolute Gasteiger partial charge is 0.462 e. The summed E-state index contributed by atoms with van der Waals surface area (Å²) in [7, 11) is 0. The van der Waals surface area contributed by atoms with Gasteiger partial charge in [-0.2, -0.15) is 0 Å². The fraction of sp³-hybridized carbons (Fsp3) is 0.0588. The lowest BCUT2D eigenvalue weighted by molar-refractivity contribution is 0.525. The van der Waals surface area contributed by atoms with Crippen LogP contribution >= 0.6 is 22.7 Å². The highest BCUT2D eigenvalue weighted by Gasteiger charge is 2.02. The molecule has 0 aliphatic carbocycles. The highest BCUT2D eigenvalue weighted by Crippen LogP contribution is 2.21. The van der Waals surface area contributed by atoms with E-state index in [2.05, 4.69) is 9.97 Å². The van der Waals surface area contributed by atoms with Crippen molar-refractivity contribution in [2.45, 2.75) is 6.92 Å². The zero-order valence-corrected chi connectivity index (χ0v) is 13.8. The van der Waals surface area contributed by atoms with Gasteiger partial charge in [-0.15, -0.1) is 22.7 Å². The molecule has 0 aliphatic rings. The van der Waals surface area contributed by atoms with E-state index in [4.69, 9.17) is 4.42 Å². The lowest BCUT2D eigenvalue weighted by atomic mass is 10.3. The molecular formula is C17H12N2O2S2. The molecule has 0 spiro atoms. The Morgan fingerprint density at radius 2 is 2.00 bits per heavy atom. The summed E-state index contributed by atoms with van der Waals surface area (Å²) in [5.41, 5.74) is 0.858. The molecule has 0 atom stereocenters. The maximum atomic E-state index is 12.1. The molecule has 3 heterocycles. The number of H-pyrrole nitrogens is 1. The Kier molecular flexibility index (Phi) is 3.48. The maximum absolute atomic E-state index is 12.1. The number of aromatic amines is 1. The Morgan fingerprint density at radius 3 is 2.78 bits per heavy atom. The summed E-state index contributed by atoms with van der Waals surface area (Å²) >= 11 is 3.00. The summed E-state index contributed by atoms with van der Waals surface area (Å²) in [6.07, 6.45) is 3.66. The third-order valence-electron chi connectivity index (χ3n) is 3.28. The van der Waals surface area contributed by atoms with Crippen molar-refractivity contribution in [2.24, 2.45) is 0 Å². The quantitative estimate of drug-likeness (QED) is 0.610. The molecule has 0 fully saturated rings. The number of para-hydroxylation sites is 1. The summed E-state index contributed by atoms with van der Waals surface area (Å²) in [6.45, 7) is 1.88. The Labute approximate surface area is 139 Å². The molecule has 6 heteroatoms. The molecular weight excluding hydrogens is 328 g/mol. The predicted molar refractivity (Wildman–Crippen MR) is 94.4 cm³/mol. The van der Waals surface area contributed by atoms with Crippen LogP contribution in [0.15, 0.2) is 45.6 Å². The monoisotopic (exact) mass is 340 g/mol.